The van der Waals surface area contributed by atoms with Crippen molar-refractivity contribution < 1.29 is 36.6 Å². The summed E-state index contributed by atoms with van der Waals surface area (Å²) in [4.78, 5) is 12.4. The second kappa shape index (κ2) is 10.0. The summed E-state index contributed by atoms with van der Waals surface area (Å²) in [7, 11) is 0. The van der Waals surface area contributed by atoms with Crippen LogP contribution in [0.3, 0.4) is 0 Å². The molecule has 212 valence electrons. The number of hydrogen-bond acceptors (Lipinski definition) is 3. The number of carbonyl (C=O) groups is 1. The average Bonchev–Trinajstić information content (AvgIpc) is 3.25. The molecule has 4 fully saturated rings. The van der Waals surface area contributed by atoms with Crippen LogP contribution in [0.1, 0.15) is 91.4 Å². The van der Waals surface area contributed by atoms with E-state index in [1.165, 1.54) is 19.3 Å². The Morgan fingerprint density at radius 1 is 0.868 bits per heavy atom. The minimum Gasteiger partial charge on any atom is -0.420 e. The number of ether oxygens (including phenoxy) is 1. The second-order valence-electron chi connectivity index (χ2n) is 13.2. The van der Waals surface area contributed by atoms with Crippen molar-refractivity contribution in [3.8, 4) is 5.75 Å². The monoisotopic (exact) mass is 542 g/mol. The van der Waals surface area contributed by atoms with Gasteiger partial charge in [0.1, 0.15) is 0 Å². The van der Waals surface area contributed by atoms with E-state index in [1.54, 1.807) is 0 Å². The van der Waals surface area contributed by atoms with E-state index in [0.717, 1.165) is 38.5 Å². The van der Waals surface area contributed by atoms with Gasteiger partial charge in [0.25, 0.3) is 0 Å². The van der Waals surface area contributed by atoms with Crippen LogP contribution in [-0.2, 0) is 4.79 Å². The van der Waals surface area contributed by atoms with E-state index < -0.39 is 40.8 Å². The highest BCUT2D eigenvalue weighted by molar-refractivity contribution is 5.72. The number of hydrogen-bond donors (Lipinski definition) is 1. The largest absolute Gasteiger partial charge is 0.420 e. The van der Waals surface area contributed by atoms with Gasteiger partial charge in [-0.1, -0.05) is 20.8 Å². The zero-order valence-corrected chi connectivity index (χ0v) is 22.5. The van der Waals surface area contributed by atoms with Crippen LogP contribution in [0.4, 0.5) is 22.0 Å². The van der Waals surface area contributed by atoms with Gasteiger partial charge in [-0.15, -0.1) is 0 Å². The average molecular weight is 543 g/mol. The van der Waals surface area contributed by atoms with Gasteiger partial charge in [-0.3, -0.25) is 4.79 Å². The van der Waals surface area contributed by atoms with Crippen molar-refractivity contribution in [2.45, 2.75) is 97.5 Å². The maximum atomic E-state index is 13.9. The minimum absolute atomic E-state index is 0.155. The normalized spacial score (nSPS) is 39.2. The standard InChI is InChI=1S/C30H39F5O3/c1-15(4-9-22(37)38-28-26(34)24(32)23(31)25(33)27(28)35)19-7-8-20-18-6-5-16-14-17(36)10-12-29(16,2)21(18)11-13-30(19,20)3/h15-21,36H,4-14H2,1-3H3/t15-,16?,17-,18?,19-,20+,21+,29+,30-/m1/s1. The van der Waals surface area contributed by atoms with Crippen LogP contribution in [0, 0.1) is 75.4 Å². The quantitative estimate of drug-likeness (QED) is 0.136. The molecule has 5 rings (SSSR count). The van der Waals surface area contributed by atoms with E-state index in [0.29, 0.717) is 41.4 Å². The van der Waals surface area contributed by atoms with Crippen molar-refractivity contribution in [1.29, 1.82) is 0 Å². The molecule has 0 heterocycles. The smallest absolute Gasteiger partial charge is 0.311 e. The fourth-order valence-corrected chi connectivity index (χ4v) is 9.60. The van der Waals surface area contributed by atoms with E-state index in [1.807, 2.05) is 0 Å². The molecule has 0 aromatic heterocycles. The Morgan fingerprint density at radius 3 is 2.16 bits per heavy atom. The zero-order chi connectivity index (χ0) is 27.6. The Labute approximate surface area is 221 Å². The Morgan fingerprint density at radius 2 is 1.47 bits per heavy atom. The molecule has 1 aromatic carbocycles. The van der Waals surface area contributed by atoms with Gasteiger partial charge in [-0.25, -0.2) is 13.2 Å². The number of carbonyl (C=O) groups excluding carboxylic acids is 1. The van der Waals surface area contributed by atoms with Crippen LogP contribution in [0.25, 0.3) is 0 Å². The molecule has 3 nitrogen and oxygen atoms in total. The van der Waals surface area contributed by atoms with Gasteiger partial charge in [0.05, 0.1) is 6.10 Å². The highest BCUT2D eigenvalue weighted by atomic mass is 19.2. The fourth-order valence-electron chi connectivity index (χ4n) is 9.60. The molecule has 1 aromatic rings. The van der Waals surface area contributed by atoms with Gasteiger partial charge in [0.2, 0.25) is 34.8 Å². The summed E-state index contributed by atoms with van der Waals surface area (Å²) < 4.78 is 72.7. The van der Waals surface area contributed by atoms with Gasteiger partial charge >= 0.3 is 5.97 Å². The Balaban J connectivity index is 1.23. The third kappa shape index (κ3) is 4.37. The lowest BCUT2D eigenvalue weighted by atomic mass is 9.44. The molecule has 0 spiro atoms. The molecule has 4 aliphatic rings. The first-order valence-electron chi connectivity index (χ1n) is 14.3. The summed E-state index contributed by atoms with van der Waals surface area (Å²) in [5.41, 5.74) is 0.462. The third-order valence-electron chi connectivity index (χ3n) is 11.6. The molecular formula is C30H39F5O3. The SMILES string of the molecule is C[C@H](CCC(=O)Oc1c(F)c(F)c(F)c(F)c1F)[C@H]1CC[C@H]2C3CCC4C[C@H](O)CC[C@]4(C)[C@H]3CC[C@]12C. The number of rotatable bonds is 5. The fraction of sp³-hybridized carbons (Fsp3) is 0.767. The van der Waals surface area contributed by atoms with E-state index >= 15 is 0 Å². The van der Waals surface area contributed by atoms with Gasteiger partial charge < -0.3 is 9.84 Å². The van der Waals surface area contributed by atoms with E-state index in [9.17, 15) is 31.9 Å². The third-order valence-corrected chi connectivity index (χ3v) is 11.6. The predicted molar refractivity (Wildman–Crippen MR) is 131 cm³/mol. The summed E-state index contributed by atoms with van der Waals surface area (Å²) in [5.74, 6) is -10.2. The van der Waals surface area contributed by atoms with Crippen LogP contribution in [-0.4, -0.2) is 17.2 Å². The topological polar surface area (TPSA) is 46.5 Å². The first-order valence-corrected chi connectivity index (χ1v) is 14.3. The van der Waals surface area contributed by atoms with Gasteiger partial charge in [-0.2, -0.15) is 8.78 Å². The van der Waals surface area contributed by atoms with Crippen molar-refractivity contribution in [2.24, 2.45) is 46.3 Å². The van der Waals surface area contributed by atoms with Gasteiger partial charge in [0, 0.05) is 6.42 Å². The molecule has 9 atom stereocenters. The van der Waals surface area contributed by atoms with Crippen molar-refractivity contribution in [1.82, 2.24) is 0 Å². The maximum absolute atomic E-state index is 13.9. The molecule has 2 unspecified atom stereocenters. The van der Waals surface area contributed by atoms with E-state index in [2.05, 4.69) is 25.5 Å². The van der Waals surface area contributed by atoms with Crippen molar-refractivity contribution in [2.75, 3.05) is 0 Å². The molecule has 0 saturated heterocycles. The Bertz CT molecular complexity index is 1070. The summed E-state index contributed by atoms with van der Waals surface area (Å²) in [6.45, 7) is 6.96. The second-order valence-corrected chi connectivity index (χ2v) is 13.2. The van der Waals surface area contributed by atoms with Crippen molar-refractivity contribution in [3.05, 3.63) is 29.1 Å². The van der Waals surface area contributed by atoms with Crippen LogP contribution in [0.2, 0.25) is 0 Å². The van der Waals surface area contributed by atoms with Crippen LogP contribution >= 0.6 is 0 Å². The maximum Gasteiger partial charge on any atom is 0.311 e. The summed E-state index contributed by atoms with van der Waals surface area (Å²) in [6.07, 6.45) is 9.99. The zero-order valence-electron chi connectivity index (χ0n) is 22.5. The van der Waals surface area contributed by atoms with Crippen molar-refractivity contribution >= 4 is 5.97 Å². The lowest BCUT2D eigenvalue weighted by Crippen LogP contribution is -2.54. The molecule has 0 amide bonds. The molecule has 4 aliphatic carbocycles. The molecule has 38 heavy (non-hydrogen) atoms. The highest BCUT2D eigenvalue weighted by Gasteiger charge is 2.60. The molecule has 0 radical (unpaired) electrons. The van der Waals surface area contributed by atoms with Crippen LogP contribution in [0.5, 0.6) is 5.75 Å². The summed E-state index contributed by atoms with van der Waals surface area (Å²) >= 11 is 0. The molecular weight excluding hydrogens is 503 g/mol. The van der Waals surface area contributed by atoms with Crippen LogP contribution < -0.4 is 4.74 Å². The molecule has 0 aliphatic heterocycles. The molecule has 1 N–H and O–H groups in total. The predicted octanol–water partition coefficient (Wildman–Crippen LogP) is 7.72. The number of esters is 1. The molecule has 0 bridgehead atoms. The Kier molecular flexibility index (Phi) is 7.36. The lowest BCUT2D eigenvalue weighted by molar-refractivity contribution is -0.136. The van der Waals surface area contributed by atoms with Gasteiger partial charge in [0.15, 0.2) is 0 Å². The first kappa shape index (κ1) is 27.9. The number of benzene rings is 1. The van der Waals surface area contributed by atoms with E-state index in [-0.39, 0.29) is 23.9 Å². The first-order chi connectivity index (χ1) is 17.9. The molecule has 8 heteroatoms. The van der Waals surface area contributed by atoms with Crippen molar-refractivity contribution in [3.63, 3.8) is 0 Å². The minimum atomic E-state index is -2.28. The number of aliphatic hydroxyl groups is 1. The number of halogens is 5. The van der Waals surface area contributed by atoms with Gasteiger partial charge in [-0.05, 0) is 111 Å². The van der Waals surface area contributed by atoms with E-state index in [4.69, 9.17) is 0 Å². The number of aliphatic hydroxyl groups excluding tert-OH is 1. The molecule has 4 saturated carbocycles. The summed E-state index contributed by atoms with van der Waals surface area (Å²) in [5, 5.41) is 10.3. The van der Waals surface area contributed by atoms with Crippen LogP contribution in [0.15, 0.2) is 0 Å². The summed E-state index contributed by atoms with van der Waals surface area (Å²) in [6, 6.07) is 0. The number of fused-ring (bicyclic) bond motifs is 5. The lowest BCUT2D eigenvalue weighted by Gasteiger charge is -2.61. The highest BCUT2D eigenvalue weighted by Crippen LogP contribution is 2.68. The Hall–Kier alpha value is -1.70.